The fraction of sp³-hybridized carbons (Fsp3) is 0.486. The Labute approximate surface area is 277 Å². The van der Waals surface area contributed by atoms with Crippen molar-refractivity contribution >= 4 is 40.9 Å². The van der Waals surface area contributed by atoms with Crippen molar-refractivity contribution in [3.8, 4) is 0 Å². The molecule has 2 aromatic rings. The van der Waals surface area contributed by atoms with Crippen LogP contribution in [0.25, 0.3) is 0 Å². The molecule has 0 bridgehead atoms. The number of likely N-dealkylation sites (tertiary alicyclic amines) is 1. The van der Waals surface area contributed by atoms with E-state index in [-0.39, 0.29) is 24.3 Å². The van der Waals surface area contributed by atoms with Crippen LogP contribution < -0.4 is 9.80 Å². The molecule has 2 aromatic carbocycles. The average molecular weight is 643 g/mol. The van der Waals surface area contributed by atoms with E-state index in [2.05, 4.69) is 56.0 Å². The lowest BCUT2D eigenvalue weighted by atomic mass is 9.74. The summed E-state index contributed by atoms with van der Waals surface area (Å²) in [4.78, 5) is 51.7. The third kappa shape index (κ3) is 5.55. The van der Waals surface area contributed by atoms with Gasteiger partial charge in [0.25, 0.3) is 5.91 Å². The molecule has 0 saturated carbocycles. The van der Waals surface area contributed by atoms with E-state index in [0.717, 1.165) is 36.4 Å². The Balaban J connectivity index is 1.37. The molecule has 0 aromatic heterocycles. The molecule has 4 heterocycles. The maximum absolute atomic E-state index is 14.8. The summed E-state index contributed by atoms with van der Waals surface area (Å²) < 4.78 is -1.52. The van der Waals surface area contributed by atoms with Gasteiger partial charge in [0.15, 0.2) is 0 Å². The summed E-state index contributed by atoms with van der Waals surface area (Å²) in [6.45, 7) is 9.97. The Bertz CT molecular complexity index is 1490. The van der Waals surface area contributed by atoms with Crippen LogP contribution in [0.1, 0.15) is 45.6 Å². The van der Waals surface area contributed by atoms with E-state index < -0.39 is 27.4 Å². The number of carbonyl (C=O) groups is 3. The molecule has 6 rings (SSSR count). The number of unbranched alkanes of at least 4 members (excludes halogenated alkanes) is 2. The summed E-state index contributed by atoms with van der Waals surface area (Å²) in [6, 6.07) is 17.3. The number of aliphatic hydroxyl groups excluding tert-OH is 1. The Hall–Kier alpha value is -3.56. The second-order valence-corrected chi connectivity index (χ2v) is 14.8. The Morgan fingerprint density at radius 2 is 1.57 bits per heavy atom. The molecule has 3 amide bonds. The van der Waals surface area contributed by atoms with Crippen molar-refractivity contribution in [1.29, 1.82) is 0 Å². The highest BCUT2D eigenvalue weighted by atomic mass is 32.2. The maximum atomic E-state index is 14.8. The topological polar surface area (TPSA) is 84.4 Å². The number of fused-ring (bicyclic) bond motifs is 2. The second kappa shape index (κ2) is 13.3. The smallest absolute Gasteiger partial charge is 0.251 e. The molecule has 0 radical (unpaired) electrons. The van der Waals surface area contributed by atoms with Crippen LogP contribution in [0.2, 0.25) is 0 Å². The quantitative estimate of drug-likeness (QED) is 0.278. The van der Waals surface area contributed by atoms with E-state index in [9.17, 15) is 19.5 Å². The summed E-state index contributed by atoms with van der Waals surface area (Å²) in [5.74, 6) is -1.52. The summed E-state index contributed by atoms with van der Waals surface area (Å²) in [5, 5.41) is 9.39. The molecule has 1 spiro atoms. The highest BCUT2D eigenvalue weighted by molar-refractivity contribution is 8.02. The molecule has 0 aliphatic carbocycles. The number of nitrogens with zero attached hydrogens (tertiary/aromatic N) is 4. The van der Waals surface area contributed by atoms with Crippen molar-refractivity contribution in [3.63, 3.8) is 0 Å². The molecule has 244 valence electrons. The first-order valence-electron chi connectivity index (χ1n) is 16.7. The molecular formula is C37H46N4O4S. The number of thioether (sulfide) groups is 1. The number of benzene rings is 2. The normalized spacial score (nSPS) is 28.7. The van der Waals surface area contributed by atoms with Gasteiger partial charge in [-0.1, -0.05) is 54.6 Å². The number of rotatable bonds is 11. The van der Waals surface area contributed by atoms with E-state index in [0.29, 0.717) is 39.0 Å². The molecule has 9 heteroatoms. The van der Waals surface area contributed by atoms with E-state index >= 15 is 0 Å². The number of hydrogen-bond donors (Lipinski definition) is 1. The van der Waals surface area contributed by atoms with Gasteiger partial charge in [-0.15, -0.1) is 11.8 Å². The van der Waals surface area contributed by atoms with Gasteiger partial charge in [-0.3, -0.25) is 14.4 Å². The zero-order chi connectivity index (χ0) is 32.5. The highest BCUT2D eigenvalue weighted by Crippen LogP contribution is 2.65. The monoisotopic (exact) mass is 642 g/mol. The number of aliphatic hydroxyl groups is 1. The van der Waals surface area contributed by atoms with Gasteiger partial charge >= 0.3 is 0 Å². The van der Waals surface area contributed by atoms with Crippen molar-refractivity contribution in [2.75, 3.05) is 49.1 Å². The van der Waals surface area contributed by atoms with Crippen LogP contribution in [0.3, 0.4) is 0 Å². The van der Waals surface area contributed by atoms with Crippen molar-refractivity contribution in [3.05, 3.63) is 84.5 Å². The SMILES string of the molecule is CCN(CC)c1ccc(N2CC=C[C@]34S[C@@]5(C)C=CCN(Cc6ccccc6)C(=O)[C@H]5[C@H]3C(=O)N(CCCCCO)C4C2=O)cc1. The summed E-state index contributed by atoms with van der Waals surface area (Å²) >= 11 is 1.62. The van der Waals surface area contributed by atoms with Crippen LogP contribution in [-0.4, -0.2) is 87.5 Å². The third-order valence-electron chi connectivity index (χ3n) is 10.2. The molecule has 2 saturated heterocycles. The fourth-order valence-electron chi connectivity index (χ4n) is 7.99. The maximum Gasteiger partial charge on any atom is 0.251 e. The van der Waals surface area contributed by atoms with Gasteiger partial charge in [0.2, 0.25) is 11.8 Å². The van der Waals surface area contributed by atoms with Gasteiger partial charge in [-0.05, 0) is 69.9 Å². The summed E-state index contributed by atoms with van der Waals surface area (Å²) in [6.07, 6.45) is 10.4. The zero-order valence-corrected chi connectivity index (χ0v) is 28.0. The minimum Gasteiger partial charge on any atom is -0.396 e. The van der Waals surface area contributed by atoms with Gasteiger partial charge < -0.3 is 24.7 Å². The Morgan fingerprint density at radius 1 is 0.848 bits per heavy atom. The van der Waals surface area contributed by atoms with Crippen LogP contribution in [0.15, 0.2) is 78.9 Å². The second-order valence-electron chi connectivity index (χ2n) is 13.0. The van der Waals surface area contributed by atoms with Gasteiger partial charge in [0.05, 0.1) is 16.6 Å². The van der Waals surface area contributed by atoms with Gasteiger partial charge in [0, 0.05) is 62.0 Å². The number of amides is 3. The molecule has 2 fully saturated rings. The molecule has 4 aliphatic rings. The van der Waals surface area contributed by atoms with Crippen molar-refractivity contribution in [1.82, 2.24) is 9.80 Å². The summed E-state index contributed by atoms with van der Waals surface area (Å²) in [5.41, 5.74) is 2.95. The predicted octanol–water partition coefficient (Wildman–Crippen LogP) is 4.88. The fourth-order valence-corrected chi connectivity index (χ4v) is 10.2. The molecule has 4 aliphatic heterocycles. The van der Waals surface area contributed by atoms with Crippen LogP contribution in [0.5, 0.6) is 0 Å². The molecule has 46 heavy (non-hydrogen) atoms. The minimum absolute atomic E-state index is 0.0334. The van der Waals surface area contributed by atoms with Gasteiger partial charge in [-0.2, -0.15) is 0 Å². The average Bonchev–Trinajstić information content (AvgIpc) is 3.33. The van der Waals surface area contributed by atoms with E-state index in [1.165, 1.54) is 0 Å². The number of carbonyl (C=O) groups excluding carboxylic acids is 3. The Kier molecular flexibility index (Phi) is 9.35. The highest BCUT2D eigenvalue weighted by Gasteiger charge is 2.73. The van der Waals surface area contributed by atoms with Crippen molar-refractivity contribution in [2.24, 2.45) is 11.8 Å². The predicted molar refractivity (Wildman–Crippen MR) is 185 cm³/mol. The minimum atomic E-state index is -0.879. The molecule has 5 atom stereocenters. The van der Waals surface area contributed by atoms with Crippen LogP contribution >= 0.6 is 11.8 Å². The lowest BCUT2D eigenvalue weighted by Crippen LogP contribution is -2.53. The number of anilines is 2. The zero-order valence-electron chi connectivity index (χ0n) is 27.2. The largest absolute Gasteiger partial charge is 0.396 e. The first-order valence-corrected chi connectivity index (χ1v) is 17.6. The molecule has 1 unspecified atom stereocenters. The first-order chi connectivity index (χ1) is 22.3. The van der Waals surface area contributed by atoms with Crippen molar-refractivity contribution in [2.45, 2.75) is 62.1 Å². The number of hydrogen-bond acceptors (Lipinski definition) is 6. The molecule has 8 nitrogen and oxygen atoms in total. The van der Waals surface area contributed by atoms with E-state index in [1.807, 2.05) is 53.4 Å². The first kappa shape index (κ1) is 32.4. The molecular weight excluding hydrogens is 596 g/mol. The Morgan fingerprint density at radius 3 is 2.26 bits per heavy atom. The van der Waals surface area contributed by atoms with Gasteiger partial charge in [0.1, 0.15) is 6.04 Å². The van der Waals surface area contributed by atoms with Crippen LogP contribution in [0, 0.1) is 11.8 Å². The van der Waals surface area contributed by atoms with Gasteiger partial charge in [-0.25, -0.2) is 0 Å². The lowest BCUT2D eigenvalue weighted by Gasteiger charge is -2.37. The third-order valence-corrected chi connectivity index (χ3v) is 12.0. The lowest BCUT2D eigenvalue weighted by molar-refractivity contribution is -0.144. The van der Waals surface area contributed by atoms with E-state index in [4.69, 9.17) is 0 Å². The van der Waals surface area contributed by atoms with E-state index in [1.54, 1.807) is 21.6 Å². The molecule has 1 N–H and O–H groups in total. The van der Waals surface area contributed by atoms with Crippen LogP contribution in [-0.2, 0) is 20.9 Å². The summed E-state index contributed by atoms with van der Waals surface area (Å²) in [7, 11) is 0. The standard InChI is InChI=1S/C37H46N4O4S/c1-4-38(5-2)28-16-18-29(19-17-28)40-24-13-21-37-31(34(44)41(32(37)35(40)45)23-10-7-11-25-42)30-33(43)39(22-12-20-36(30,3)46-37)26-27-14-8-6-9-15-27/h6,8-9,12-21,30-32,42H,4-5,7,10-11,22-26H2,1-3H3/t30-,31+,32?,36+,37+/m1/s1. The van der Waals surface area contributed by atoms with Crippen LogP contribution in [0.4, 0.5) is 11.4 Å². The van der Waals surface area contributed by atoms with Crippen molar-refractivity contribution < 1.29 is 19.5 Å².